The largest absolute Gasteiger partial charge is 0.481 e. The Morgan fingerprint density at radius 3 is 3.05 bits per heavy atom. The van der Waals surface area contributed by atoms with Crippen LogP contribution < -0.4 is 4.90 Å². The van der Waals surface area contributed by atoms with E-state index in [-0.39, 0.29) is 11.7 Å². The highest BCUT2D eigenvalue weighted by atomic mass is 19.1. The predicted octanol–water partition coefficient (Wildman–Crippen LogP) is 2.52. The summed E-state index contributed by atoms with van der Waals surface area (Å²) in [5.41, 5.74) is 1.45. The number of aromatic nitrogens is 2. The third-order valence-electron chi connectivity index (χ3n) is 3.79. The molecule has 0 radical (unpaired) electrons. The van der Waals surface area contributed by atoms with Crippen molar-refractivity contribution in [2.75, 3.05) is 18.0 Å². The fourth-order valence-corrected chi connectivity index (χ4v) is 2.66. The first-order chi connectivity index (χ1) is 10.1. The van der Waals surface area contributed by atoms with E-state index in [1.54, 1.807) is 12.1 Å². The highest BCUT2D eigenvalue weighted by Gasteiger charge is 2.26. The third-order valence-corrected chi connectivity index (χ3v) is 3.79. The molecule has 1 aromatic heterocycles. The molecule has 1 unspecified atom stereocenters. The Kier molecular flexibility index (Phi) is 3.60. The molecule has 1 aliphatic heterocycles. The topological polar surface area (TPSA) is 69.2 Å². The maximum Gasteiger partial charge on any atom is 0.308 e. The zero-order valence-electron chi connectivity index (χ0n) is 11.4. The summed E-state index contributed by atoms with van der Waals surface area (Å²) in [7, 11) is 0. The number of carboxylic acid groups (broad SMARTS) is 1. The highest BCUT2D eigenvalue weighted by Crippen LogP contribution is 2.26. The number of benzene rings is 1. The molecule has 1 fully saturated rings. The zero-order chi connectivity index (χ0) is 14.8. The van der Waals surface area contributed by atoms with Crippen molar-refractivity contribution in [3.05, 3.63) is 36.1 Å². The van der Waals surface area contributed by atoms with Crippen LogP contribution in [0.5, 0.6) is 0 Å². The summed E-state index contributed by atoms with van der Waals surface area (Å²) in [5, 5.41) is 16.2. The molecule has 2 N–H and O–H groups in total. The number of H-pyrrole nitrogens is 1. The van der Waals surface area contributed by atoms with Crippen molar-refractivity contribution in [1.82, 2.24) is 10.2 Å². The van der Waals surface area contributed by atoms with Crippen molar-refractivity contribution in [3.63, 3.8) is 0 Å². The number of halogens is 1. The molecule has 1 aromatic carbocycles. The smallest absolute Gasteiger partial charge is 0.308 e. The number of aromatic amines is 1. The second-order valence-corrected chi connectivity index (χ2v) is 5.27. The van der Waals surface area contributed by atoms with Gasteiger partial charge in [0.25, 0.3) is 0 Å². The monoisotopic (exact) mass is 289 g/mol. The van der Waals surface area contributed by atoms with Crippen molar-refractivity contribution >= 4 is 11.8 Å². The predicted molar refractivity (Wildman–Crippen MR) is 76.6 cm³/mol. The first-order valence-electron chi connectivity index (χ1n) is 6.92. The SMILES string of the molecule is O=C(O)C1CCCN(c2cc(-c3cccc(F)c3)[nH]n2)C1. The molecule has 1 saturated heterocycles. The van der Waals surface area contributed by atoms with E-state index >= 15 is 0 Å². The van der Waals surface area contributed by atoms with Crippen LogP contribution in [0.15, 0.2) is 30.3 Å². The van der Waals surface area contributed by atoms with Crippen LogP contribution >= 0.6 is 0 Å². The van der Waals surface area contributed by atoms with Gasteiger partial charge in [0.1, 0.15) is 5.82 Å². The molecule has 2 heterocycles. The summed E-state index contributed by atoms with van der Waals surface area (Å²) in [6.07, 6.45) is 1.53. The Morgan fingerprint density at radius 1 is 1.43 bits per heavy atom. The number of hydrogen-bond donors (Lipinski definition) is 2. The van der Waals surface area contributed by atoms with Crippen molar-refractivity contribution in [3.8, 4) is 11.3 Å². The average Bonchev–Trinajstić information content (AvgIpc) is 2.97. The van der Waals surface area contributed by atoms with Crippen molar-refractivity contribution < 1.29 is 14.3 Å². The second kappa shape index (κ2) is 5.55. The van der Waals surface area contributed by atoms with Crippen LogP contribution in [0.3, 0.4) is 0 Å². The van der Waals surface area contributed by atoms with Crippen LogP contribution in [0.2, 0.25) is 0 Å². The van der Waals surface area contributed by atoms with E-state index in [1.807, 2.05) is 11.0 Å². The number of aliphatic carboxylic acids is 1. The number of carbonyl (C=O) groups is 1. The van der Waals surface area contributed by atoms with Crippen molar-refractivity contribution in [1.29, 1.82) is 0 Å². The van der Waals surface area contributed by atoms with E-state index in [2.05, 4.69) is 10.2 Å². The molecule has 6 heteroatoms. The van der Waals surface area contributed by atoms with Crippen LogP contribution in [0, 0.1) is 11.7 Å². The molecule has 0 bridgehead atoms. The zero-order valence-corrected chi connectivity index (χ0v) is 11.4. The van der Waals surface area contributed by atoms with Gasteiger partial charge in [-0.25, -0.2) is 4.39 Å². The summed E-state index contributed by atoms with van der Waals surface area (Å²) >= 11 is 0. The Hall–Kier alpha value is -2.37. The van der Waals surface area contributed by atoms with Crippen LogP contribution in [-0.2, 0) is 4.79 Å². The molecular formula is C15H16FN3O2. The van der Waals surface area contributed by atoms with Gasteiger partial charge in [-0.2, -0.15) is 5.10 Å². The number of piperidine rings is 1. The minimum absolute atomic E-state index is 0.299. The molecule has 21 heavy (non-hydrogen) atoms. The summed E-state index contributed by atoms with van der Waals surface area (Å²) < 4.78 is 13.2. The Labute approximate surface area is 121 Å². The van der Waals surface area contributed by atoms with Gasteiger partial charge < -0.3 is 10.0 Å². The van der Waals surface area contributed by atoms with Crippen LogP contribution in [0.1, 0.15) is 12.8 Å². The second-order valence-electron chi connectivity index (χ2n) is 5.27. The Balaban J connectivity index is 1.80. The lowest BCUT2D eigenvalue weighted by Crippen LogP contribution is -2.38. The third kappa shape index (κ3) is 2.89. The standard InChI is InChI=1S/C15H16FN3O2/c16-12-5-1-3-10(7-12)13-8-14(18-17-13)19-6-2-4-11(9-19)15(20)21/h1,3,5,7-8,11H,2,4,6,9H2,(H,17,18)(H,20,21). The van der Waals surface area contributed by atoms with Gasteiger partial charge in [0.2, 0.25) is 0 Å². The molecule has 0 amide bonds. The number of rotatable bonds is 3. The van der Waals surface area contributed by atoms with E-state index in [0.717, 1.165) is 24.2 Å². The molecule has 3 rings (SSSR count). The summed E-state index contributed by atoms with van der Waals surface area (Å²) in [6.45, 7) is 1.25. The van der Waals surface area contributed by atoms with Gasteiger partial charge >= 0.3 is 5.97 Å². The van der Waals surface area contributed by atoms with Gasteiger partial charge in [-0.3, -0.25) is 9.89 Å². The fourth-order valence-electron chi connectivity index (χ4n) is 2.66. The van der Waals surface area contributed by atoms with Gasteiger partial charge in [-0.1, -0.05) is 12.1 Å². The molecular weight excluding hydrogens is 273 g/mol. The minimum atomic E-state index is -0.763. The maximum atomic E-state index is 13.2. The Bertz CT molecular complexity index is 656. The lowest BCUT2D eigenvalue weighted by atomic mass is 9.98. The first-order valence-corrected chi connectivity index (χ1v) is 6.92. The van der Waals surface area contributed by atoms with Crippen LogP contribution in [-0.4, -0.2) is 34.4 Å². The molecule has 0 aliphatic carbocycles. The normalized spacial score (nSPS) is 18.7. The van der Waals surface area contributed by atoms with E-state index in [9.17, 15) is 9.18 Å². The van der Waals surface area contributed by atoms with E-state index in [4.69, 9.17) is 5.11 Å². The van der Waals surface area contributed by atoms with Crippen LogP contribution in [0.25, 0.3) is 11.3 Å². The molecule has 2 aromatic rings. The van der Waals surface area contributed by atoms with Gasteiger partial charge in [0.15, 0.2) is 5.82 Å². The van der Waals surface area contributed by atoms with E-state index in [0.29, 0.717) is 18.8 Å². The van der Waals surface area contributed by atoms with E-state index < -0.39 is 5.97 Å². The molecule has 0 saturated carbocycles. The highest BCUT2D eigenvalue weighted by molar-refractivity contribution is 5.71. The minimum Gasteiger partial charge on any atom is -0.481 e. The summed E-state index contributed by atoms with van der Waals surface area (Å²) in [6, 6.07) is 8.11. The van der Waals surface area contributed by atoms with Crippen molar-refractivity contribution in [2.24, 2.45) is 5.92 Å². The lowest BCUT2D eigenvalue weighted by molar-refractivity contribution is -0.141. The van der Waals surface area contributed by atoms with Gasteiger partial charge in [0.05, 0.1) is 11.6 Å². The number of anilines is 1. The van der Waals surface area contributed by atoms with E-state index in [1.165, 1.54) is 12.1 Å². The average molecular weight is 289 g/mol. The fraction of sp³-hybridized carbons (Fsp3) is 0.333. The van der Waals surface area contributed by atoms with Gasteiger partial charge in [-0.05, 0) is 25.0 Å². The summed E-state index contributed by atoms with van der Waals surface area (Å²) in [5.74, 6) is -0.707. The number of hydrogen-bond acceptors (Lipinski definition) is 3. The first kappa shape index (κ1) is 13.6. The van der Waals surface area contributed by atoms with Crippen molar-refractivity contribution in [2.45, 2.75) is 12.8 Å². The number of carboxylic acids is 1. The maximum absolute atomic E-state index is 13.2. The molecule has 1 atom stereocenters. The van der Waals surface area contributed by atoms with Gasteiger partial charge in [-0.15, -0.1) is 0 Å². The van der Waals surface area contributed by atoms with Crippen LogP contribution in [0.4, 0.5) is 10.2 Å². The molecule has 110 valence electrons. The molecule has 1 aliphatic rings. The Morgan fingerprint density at radius 2 is 2.29 bits per heavy atom. The molecule has 0 spiro atoms. The lowest BCUT2D eigenvalue weighted by Gasteiger charge is -2.30. The number of nitrogens with one attached hydrogen (secondary N) is 1. The quantitative estimate of drug-likeness (QED) is 0.911. The van der Waals surface area contributed by atoms with Gasteiger partial charge in [0, 0.05) is 24.7 Å². The summed E-state index contributed by atoms with van der Waals surface area (Å²) in [4.78, 5) is 13.1. The molecule has 5 nitrogen and oxygen atoms in total. The number of nitrogens with zero attached hydrogens (tertiary/aromatic N) is 2.